The van der Waals surface area contributed by atoms with Gasteiger partial charge in [-0.3, -0.25) is 9.59 Å². The van der Waals surface area contributed by atoms with Crippen molar-refractivity contribution in [2.24, 2.45) is 0 Å². The zero-order valence-electron chi connectivity index (χ0n) is 12.5. The number of aromatic amines is 1. The molecule has 0 bridgehead atoms. The molecule has 8 heteroatoms. The number of carbonyl (C=O) groups excluding carboxylic acids is 1. The van der Waals surface area contributed by atoms with Crippen molar-refractivity contribution in [3.8, 4) is 0 Å². The summed E-state index contributed by atoms with van der Waals surface area (Å²) in [5.74, 6) is -1.90. The first-order chi connectivity index (χ1) is 10.9. The number of nitrogens with one attached hydrogen (secondary N) is 2. The lowest BCUT2D eigenvalue weighted by atomic mass is 10.3. The molecule has 1 heterocycles. The van der Waals surface area contributed by atoms with Gasteiger partial charge in [0.15, 0.2) is 5.16 Å². The van der Waals surface area contributed by atoms with E-state index in [0.29, 0.717) is 17.3 Å². The minimum Gasteiger partial charge on any atom is -0.323 e. The SMILES string of the molecule is CCc1cc(=O)[nH]c(SC(C)C(=O)Nc2cc(F)ccc2F)n1. The average Bonchev–Trinajstić information content (AvgIpc) is 2.50. The Balaban J connectivity index is 2.09. The van der Waals surface area contributed by atoms with E-state index in [4.69, 9.17) is 0 Å². The molecule has 0 saturated carbocycles. The first kappa shape index (κ1) is 17.1. The van der Waals surface area contributed by atoms with E-state index in [1.165, 1.54) is 6.07 Å². The minimum atomic E-state index is -0.725. The van der Waals surface area contributed by atoms with Crippen molar-refractivity contribution in [1.29, 1.82) is 0 Å². The van der Waals surface area contributed by atoms with E-state index in [1.54, 1.807) is 6.92 Å². The van der Waals surface area contributed by atoms with Gasteiger partial charge in [-0.15, -0.1) is 0 Å². The highest BCUT2D eigenvalue weighted by atomic mass is 32.2. The molecule has 2 rings (SSSR count). The molecule has 0 aliphatic carbocycles. The fraction of sp³-hybridized carbons (Fsp3) is 0.267. The number of H-pyrrole nitrogens is 1. The van der Waals surface area contributed by atoms with E-state index in [0.717, 1.165) is 30.0 Å². The summed E-state index contributed by atoms with van der Waals surface area (Å²) in [4.78, 5) is 30.3. The number of carbonyl (C=O) groups is 1. The van der Waals surface area contributed by atoms with Crippen molar-refractivity contribution in [2.75, 3.05) is 5.32 Å². The Kier molecular flexibility index (Phi) is 5.49. The summed E-state index contributed by atoms with van der Waals surface area (Å²) >= 11 is 1.03. The number of halogens is 2. The third-order valence-corrected chi connectivity index (χ3v) is 3.96. The standard InChI is InChI=1S/C15H15F2N3O2S/c1-3-10-7-13(21)20-15(18-10)23-8(2)14(22)19-12-6-9(16)4-5-11(12)17/h4-8H,3H2,1-2H3,(H,19,22)(H,18,20,21). The topological polar surface area (TPSA) is 74.8 Å². The van der Waals surface area contributed by atoms with Gasteiger partial charge < -0.3 is 10.3 Å². The summed E-state index contributed by atoms with van der Waals surface area (Å²) in [6, 6.07) is 4.19. The lowest BCUT2D eigenvalue weighted by molar-refractivity contribution is -0.115. The Labute approximate surface area is 135 Å². The number of nitrogens with zero attached hydrogens (tertiary/aromatic N) is 1. The highest BCUT2D eigenvalue weighted by molar-refractivity contribution is 8.00. The number of rotatable bonds is 5. The van der Waals surface area contributed by atoms with E-state index in [1.807, 2.05) is 6.92 Å². The maximum absolute atomic E-state index is 13.5. The van der Waals surface area contributed by atoms with E-state index in [-0.39, 0.29) is 11.2 Å². The summed E-state index contributed by atoms with van der Waals surface area (Å²) in [5, 5.41) is 1.96. The third-order valence-electron chi connectivity index (χ3n) is 2.98. The van der Waals surface area contributed by atoms with Gasteiger partial charge in [0, 0.05) is 17.8 Å². The summed E-state index contributed by atoms with van der Waals surface area (Å²) in [7, 11) is 0. The predicted molar refractivity (Wildman–Crippen MR) is 84.5 cm³/mol. The number of hydrogen-bond acceptors (Lipinski definition) is 4. The molecule has 0 spiro atoms. The molecule has 2 N–H and O–H groups in total. The average molecular weight is 339 g/mol. The monoisotopic (exact) mass is 339 g/mol. The van der Waals surface area contributed by atoms with Crippen LogP contribution in [0.25, 0.3) is 0 Å². The molecular weight excluding hydrogens is 324 g/mol. The highest BCUT2D eigenvalue weighted by Crippen LogP contribution is 2.21. The highest BCUT2D eigenvalue weighted by Gasteiger charge is 2.18. The molecular formula is C15H15F2N3O2S. The van der Waals surface area contributed by atoms with Crippen LogP contribution in [0.3, 0.4) is 0 Å². The van der Waals surface area contributed by atoms with Gasteiger partial charge in [0.05, 0.1) is 10.9 Å². The first-order valence-corrected chi connectivity index (χ1v) is 7.79. The van der Waals surface area contributed by atoms with Crippen molar-refractivity contribution in [3.05, 3.63) is 51.9 Å². The van der Waals surface area contributed by atoms with Gasteiger partial charge in [-0.2, -0.15) is 0 Å². The molecule has 122 valence electrons. The van der Waals surface area contributed by atoms with Gasteiger partial charge in [0.25, 0.3) is 5.56 Å². The fourth-order valence-electron chi connectivity index (χ4n) is 1.77. The smallest absolute Gasteiger partial charge is 0.251 e. The van der Waals surface area contributed by atoms with Gasteiger partial charge in [-0.25, -0.2) is 13.8 Å². The molecule has 5 nitrogen and oxygen atoms in total. The minimum absolute atomic E-state index is 0.230. The lowest BCUT2D eigenvalue weighted by Gasteiger charge is -2.12. The molecule has 0 saturated heterocycles. The molecule has 1 unspecified atom stereocenters. The van der Waals surface area contributed by atoms with Crippen molar-refractivity contribution < 1.29 is 13.6 Å². The van der Waals surface area contributed by atoms with Crippen molar-refractivity contribution >= 4 is 23.4 Å². The van der Waals surface area contributed by atoms with Crippen LogP contribution in [0.5, 0.6) is 0 Å². The molecule has 0 fully saturated rings. The van der Waals surface area contributed by atoms with Crippen LogP contribution >= 0.6 is 11.8 Å². The predicted octanol–water partition coefficient (Wildman–Crippen LogP) is 2.73. The molecule has 1 aromatic carbocycles. The van der Waals surface area contributed by atoms with Crippen LogP contribution in [0, 0.1) is 11.6 Å². The van der Waals surface area contributed by atoms with Crippen LogP contribution < -0.4 is 10.9 Å². The largest absolute Gasteiger partial charge is 0.323 e. The third kappa shape index (κ3) is 4.62. The van der Waals surface area contributed by atoms with Crippen LogP contribution in [0.1, 0.15) is 19.5 Å². The van der Waals surface area contributed by atoms with Crippen LogP contribution in [0.2, 0.25) is 0 Å². The molecule has 0 radical (unpaired) electrons. The Morgan fingerprint density at radius 2 is 2.13 bits per heavy atom. The quantitative estimate of drug-likeness (QED) is 0.649. The van der Waals surface area contributed by atoms with Gasteiger partial charge >= 0.3 is 0 Å². The van der Waals surface area contributed by atoms with Gasteiger partial charge in [-0.1, -0.05) is 18.7 Å². The van der Waals surface area contributed by atoms with Crippen LogP contribution in [0.15, 0.2) is 34.2 Å². The Bertz CT molecular complexity index is 780. The van der Waals surface area contributed by atoms with Crippen molar-refractivity contribution in [2.45, 2.75) is 30.7 Å². The zero-order valence-corrected chi connectivity index (χ0v) is 13.3. The number of anilines is 1. The Hall–Kier alpha value is -2.22. The van der Waals surface area contributed by atoms with Gasteiger partial charge in [0.1, 0.15) is 11.6 Å². The second-order valence-corrected chi connectivity index (χ2v) is 6.10. The Morgan fingerprint density at radius 3 is 2.83 bits per heavy atom. The number of hydrogen-bond donors (Lipinski definition) is 2. The number of thioether (sulfide) groups is 1. The van der Waals surface area contributed by atoms with Gasteiger partial charge in [0.2, 0.25) is 5.91 Å². The molecule has 1 amide bonds. The van der Waals surface area contributed by atoms with Gasteiger partial charge in [-0.05, 0) is 25.5 Å². The van der Waals surface area contributed by atoms with E-state index in [9.17, 15) is 18.4 Å². The summed E-state index contributed by atoms with van der Waals surface area (Å²) in [6.45, 7) is 3.44. The van der Waals surface area contributed by atoms with Crippen LogP contribution in [-0.2, 0) is 11.2 Å². The fourth-order valence-corrected chi connectivity index (χ4v) is 2.60. The summed E-state index contributed by atoms with van der Waals surface area (Å²) in [5.41, 5.74) is 0.0781. The second-order valence-electron chi connectivity index (χ2n) is 4.77. The first-order valence-electron chi connectivity index (χ1n) is 6.92. The Morgan fingerprint density at radius 1 is 1.39 bits per heavy atom. The van der Waals surface area contributed by atoms with Crippen LogP contribution in [-0.4, -0.2) is 21.1 Å². The van der Waals surface area contributed by atoms with Crippen molar-refractivity contribution in [3.63, 3.8) is 0 Å². The molecule has 1 atom stereocenters. The maximum Gasteiger partial charge on any atom is 0.251 e. The normalized spacial score (nSPS) is 12.0. The zero-order chi connectivity index (χ0) is 17.0. The number of aryl methyl sites for hydroxylation is 1. The number of benzene rings is 1. The van der Waals surface area contributed by atoms with E-state index >= 15 is 0 Å². The number of aromatic nitrogens is 2. The number of amides is 1. The summed E-state index contributed by atoms with van der Waals surface area (Å²) < 4.78 is 26.6. The van der Waals surface area contributed by atoms with Crippen molar-refractivity contribution in [1.82, 2.24) is 9.97 Å². The van der Waals surface area contributed by atoms with Crippen LogP contribution in [0.4, 0.5) is 14.5 Å². The lowest BCUT2D eigenvalue weighted by Crippen LogP contribution is -2.24. The molecule has 1 aromatic heterocycles. The van der Waals surface area contributed by atoms with E-state index < -0.39 is 22.8 Å². The molecule has 23 heavy (non-hydrogen) atoms. The molecule has 0 aliphatic rings. The second kappa shape index (κ2) is 7.36. The maximum atomic E-state index is 13.5. The van der Waals surface area contributed by atoms with E-state index in [2.05, 4.69) is 15.3 Å². The molecule has 2 aromatic rings. The summed E-state index contributed by atoms with van der Waals surface area (Å²) in [6.07, 6.45) is 0.590. The molecule has 0 aliphatic heterocycles.